The van der Waals surface area contributed by atoms with E-state index >= 15 is 0 Å². The van der Waals surface area contributed by atoms with Crippen LogP contribution in [0.4, 0.5) is 0 Å². The fourth-order valence-corrected chi connectivity index (χ4v) is 3.85. The van der Waals surface area contributed by atoms with E-state index in [1.54, 1.807) is 13.2 Å². The maximum Gasteiger partial charge on any atom is 0.193 e. The van der Waals surface area contributed by atoms with Gasteiger partial charge in [0.05, 0.1) is 20.3 Å². The summed E-state index contributed by atoms with van der Waals surface area (Å²) >= 11 is 0. The Balaban J connectivity index is 1.44. The van der Waals surface area contributed by atoms with Crippen LogP contribution in [0.1, 0.15) is 12.0 Å². The van der Waals surface area contributed by atoms with Gasteiger partial charge in [0, 0.05) is 52.4 Å². The number of nitrogens with one attached hydrogen (secondary N) is 1. The minimum Gasteiger partial charge on any atom is -0.508 e. The van der Waals surface area contributed by atoms with Crippen LogP contribution >= 0.6 is 0 Å². The molecule has 0 spiro atoms. The highest BCUT2D eigenvalue weighted by Gasteiger charge is 2.27. The minimum atomic E-state index is 0.276. The Morgan fingerprint density at radius 1 is 1.33 bits per heavy atom. The van der Waals surface area contributed by atoms with E-state index in [0.29, 0.717) is 11.7 Å². The van der Waals surface area contributed by atoms with Crippen molar-refractivity contribution in [1.82, 2.24) is 15.1 Å². The van der Waals surface area contributed by atoms with Crippen LogP contribution in [0.25, 0.3) is 0 Å². The summed E-state index contributed by atoms with van der Waals surface area (Å²) in [6, 6.07) is 5.44. The summed E-state index contributed by atoms with van der Waals surface area (Å²) in [5.74, 6) is 2.58. The molecule has 2 heterocycles. The van der Waals surface area contributed by atoms with E-state index in [2.05, 4.69) is 20.1 Å². The lowest BCUT2D eigenvalue weighted by Crippen LogP contribution is -2.42. The molecule has 2 saturated heterocycles. The fourth-order valence-electron chi connectivity index (χ4n) is 3.85. The van der Waals surface area contributed by atoms with Gasteiger partial charge < -0.3 is 24.8 Å². The summed E-state index contributed by atoms with van der Waals surface area (Å²) in [7, 11) is 3.44. The molecule has 0 amide bonds. The number of rotatable bonds is 6. The van der Waals surface area contributed by atoms with Gasteiger partial charge in [-0.1, -0.05) is 6.07 Å². The maximum atomic E-state index is 10.1. The van der Waals surface area contributed by atoms with Crippen LogP contribution < -0.4 is 10.1 Å². The average molecular weight is 377 g/mol. The smallest absolute Gasteiger partial charge is 0.193 e. The van der Waals surface area contributed by atoms with E-state index in [0.717, 1.165) is 70.4 Å². The average Bonchev–Trinajstić information content (AvgIpc) is 3.15. The number of morpholine rings is 1. The molecule has 1 aromatic carbocycles. The summed E-state index contributed by atoms with van der Waals surface area (Å²) < 4.78 is 10.6. The number of phenols is 1. The molecular formula is C20H32N4O3. The molecule has 1 atom stereocenters. The SMILES string of the molecule is CN=C(NCCc1ccc(OC)cc1O)N1CCC(CN2CCOCC2)C1. The van der Waals surface area contributed by atoms with Gasteiger partial charge in [0.25, 0.3) is 0 Å². The molecule has 0 bridgehead atoms. The lowest BCUT2D eigenvalue weighted by molar-refractivity contribution is 0.0315. The molecule has 2 N–H and O–H groups in total. The van der Waals surface area contributed by atoms with Crippen molar-refractivity contribution in [2.45, 2.75) is 12.8 Å². The van der Waals surface area contributed by atoms with Gasteiger partial charge in [-0.3, -0.25) is 9.89 Å². The second-order valence-corrected chi connectivity index (χ2v) is 7.23. The molecule has 0 aliphatic carbocycles. The zero-order valence-electron chi connectivity index (χ0n) is 16.5. The summed E-state index contributed by atoms with van der Waals surface area (Å²) in [5.41, 5.74) is 0.908. The number of hydrogen-bond donors (Lipinski definition) is 2. The van der Waals surface area contributed by atoms with Crippen molar-refractivity contribution in [3.63, 3.8) is 0 Å². The van der Waals surface area contributed by atoms with E-state index in [4.69, 9.17) is 9.47 Å². The van der Waals surface area contributed by atoms with Crippen molar-refractivity contribution >= 4 is 5.96 Å². The molecule has 1 aromatic rings. The first-order valence-corrected chi connectivity index (χ1v) is 9.81. The van der Waals surface area contributed by atoms with Crippen molar-refractivity contribution in [1.29, 1.82) is 0 Å². The number of likely N-dealkylation sites (tertiary alicyclic amines) is 1. The predicted molar refractivity (Wildman–Crippen MR) is 107 cm³/mol. The van der Waals surface area contributed by atoms with Crippen LogP contribution in [-0.2, 0) is 11.2 Å². The van der Waals surface area contributed by atoms with Gasteiger partial charge in [-0.2, -0.15) is 0 Å². The number of benzene rings is 1. The zero-order valence-corrected chi connectivity index (χ0v) is 16.5. The van der Waals surface area contributed by atoms with Gasteiger partial charge in [-0.05, 0) is 30.4 Å². The lowest BCUT2D eigenvalue weighted by Gasteiger charge is -2.29. The number of nitrogens with zero attached hydrogens (tertiary/aromatic N) is 3. The number of aromatic hydroxyl groups is 1. The van der Waals surface area contributed by atoms with Crippen molar-refractivity contribution in [2.24, 2.45) is 10.9 Å². The second kappa shape index (κ2) is 9.80. The Morgan fingerprint density at radius 2 is 2.15 bits per heavy atom. The van der Waals surface area contributed by atoms with Gasteiger partial charge in [0.1, 0.15) is 11.5 Å². The maximum absolute atomic E-state index is 10.1. The monoisotopic (exact) mass is 376 g/mol. The van der Waals surface area contributed by atoms with Crippen LogP contribution in [-0.4, -0.2) is 87.5 Å². The second-order valence-electron chi connectivity index (χ2n) is 7.23. The Morgan fingerprint density at radius 3 is 2.85 bits per heavy atom. The van der Waals surface area contributed by atoms with Crippen LogP contribution in [0, 0.1) is 5.92 Å². The topological polar surface area (TPSA) is 69.6 Å². The van der Waals surface area contributed by atoms with E-state index < -0.39 is 0 Å². The molecule has 2 aliphatic heterocycles. The Bertz CT molecular complexity index is 632. The molecule has 150 valence electrons. The van der Waals surface area contributed by atoms with Crippen molar-refractivity contribution < 1.29 is 14.6 Å². The number of guanidine groups is 1. The number of aliphatic imine (C=N–C) groups is 1. The molecule has 7 heteroatoms. The van der Waals surface area contributed by atoms with E-state index in [9.17, 15) is 5.11 Å². The summed E-state index contributed by atoms with van der Waals surface area (Å²) in [5, 5.41) is 13.5. The third-order valence-electron chi connectivity index (χ3n) is 5.39. The van der Waals surface area contributed by atoms with Gasteiger partial charge in [0.2, 0.25) is 0 Å². The highest BCUT2D eigenvalue weighted by Crippen LogP contribution is 2.23. The first-order valence-electron chi connectivity index (χ1n) is 9.81. The van der Waals surface area contributed by atoms with Crippen molar-refractivity contribution in [3.05, 3.63) is 23.8 Å². The zero-order chi connectivity index (χ0) is 19.1. The third kappa shape index (κ3) is 5.49. The van der Waals surface area contributed by atoms with E-state index in [-0.39, 0.29) is 5.75 Å². The lowest BCUT2D eigenvalue weighted by atomic mass is 10.1. The molecule has 3 rings (SSSR count). The summed E-state index contributed by atoms with van der Waals surface area (Å²) in [6.07, 6.45) is 1.94. The van der Waals surface area contributed by atoms with Crippen molar-refractivity contribution in [3.8, 4) is 11.5 Å². The molecule has 2 aliphatic rings. The minimum absolute atomic E-state index is 0.276. The Labute approximate surface area is 162 Å². The number of phenolic OH excluding ortho intramolecular Hbond substituents is 1. The van der Waals surface area contributed by atoms with Crippen LogP contribution in [0.5, 0.6) is 11.5 Å². The highest BCUT2D eigenvalue weighted by molar-refractivity contribution is 5.80. The van der Waals surface area contributed by atoms with Gasteiger partial charge in [0.15, 0.2) is 5.96 Å². The first kappa shape index (κ1) is 19.8. The first-order chi connectivity index (χ1) is 13.2. The Hall–Kier alpha value is -1.99. The van der Waals surface area contributed by atoms with Gasteiger partial charge >= 0.3 is 0 Å². The quantitative estimate of drug-likeness (QED) is 0.574. The number of ether oxygens (including phenoxy) is 2. The molecule has 1 unspecified atom stereocenters. The highest BCUT2D eigenvalue weighted by atomic mass is 16.5. The third-order valence-corrected chi connectivity index (χ3v) is 5.39. The molecule has 2 fully saturated rings. The summed E-state index contributed by atoms with van der Waals surface area (Å²) in [6.45, 7) is 7.79. The van der Waals surface area contributed by atoms with Gasteiger partial charge in [-0.25, -0.2) is 0 Å². The predicted octanol–water partition coefficient (Wildman–Crippen LogP) is 1.17. The molecule has 7 nitrogen and oxygen atoms in total. The fraction of sp³-hybridized carbons (Fsp3) is 0.650. The molecule has 27 heavy (non-hydrogen) atoms. The number of methoxy groups -OCH3 is 1. The number of hydrogen-bond acceptors (Lipinski definition) is 5. The van der Waals surface area contributed by atoms with Crippen LogP contribution in [0.2, 0.25) is 0 Å². The summed E-state index contributed by atoms with van der Waals surface area (Å²) in [4.78, 5) is 9.31. The molecule has 0 aromatic heterocycles. The molecular weight excluding hydrogens is 344 g/mol. The van der Waals surface area contributed by atoms with E-state index in [1.807, 2.05) is 19.2 Å². The standard InChI is InChI=1S/C20H32N4O3/c1-21-20(22-7-5-17-3-4-18(26-2)13-19(17)25)24-8-6-16(15-24)14-23-9-11-27-12-10-23/h3-4,13,16,25H,5-12,14-15H2,1-2H3,(H,21,22). The Kier molecular flexibility index (Phi) is 7.18. The van der Waals surface area contributed by atoms with Crippen molar-refractivity contribution in [2.75, 3.05) is 66.6 Å². The largest absolute Gasteiger partial charge is 0.508 e. The van der Waals surface area contributed by atoms with Crippen LogP contribution in [0.15, 0.2) is 23.2 Å². The normalized spacial score (nSPS) is 21.5. The van der Waals surface area contributed by atoms with Gasteiger partial charge in [-0.15, -0.1) is 0 Å². The molecule has 0 radical (unpaired) electrons. The molecule has 0 saturated carbocycles. The van der Waals surface area contributed by atoms with Crippen LogP contribution in [0.3, 0.4) is 0 Å². The van der Waals surface area contributed by atoms with E-state index in [1.165, 1.54) is 6.42 Å².